The third-order valence-corrected chi connectivity index (χ3v) is 4.06. The Labute approximate surface area is 152 Å². The van der Waals surface area contributed by atoms with Gasteiger partial charge in [-0.05, 0) is 25.0 Å². The van der Waals surface area contributed by atoms with Crippen LogP contribution in [-0.2, 0) is 24.2 Å². The molecule has 26 heavy (non-hydrogen) atoms. The van der Waals surface area contributed by atoms with Crippen LogP contribution in [0.4, 0.5) is 4.39 Å². The Morgan fingerprint density at radius 2 is 1.77 bits per heavy atom. The predicted octanol–water partition coefficient (Wildman–Crippen LogP) is 3.86. The Kier molecular flexibility index (Phi) is 7.14. The van der Waals surface area contributed by atoms with Crippen molar-refractivity contribution in [2.24, 2.45) is 0 Å². The Morgan fingerprint density at radius 1 is 1.08 bits per heavy atom. The summed E-state index contributed by atoms with van der Waals surface area (Å²) >= 11 is 0. The largest absolute Gasteiger partial charge is 0.307 e. The number of carbonyl (C=O) groups excluding carboxylic acids is 1. The van der Waals surface area contributed by atoms with Crippen LogP contribution in [-0.4, -0.2) is 26.5 Å². The zero-order valence-electron chi connectivity index (χ0n) is 15.2. The van der Waals surface area contributed by atoms with Crippen molar-refractivity contribution in [3.8, 4) is 11.5 Å². The topological polar surface area (TPSA) is 60.7 Å². The Balaban J connectivity index is 0.00000117. The van der Waals surface area contributed by atoms with Crippen LogP contribution in [0.5, 0.6) is 0 Å². The van der Waals surface area contributed by atoms with Crippen molar-refractivity contribution >= 4 is 6.79 Å². The second kappa shape index (κ2) is 9.56. The molecule has 3 aromatic rings. The van der Waals surface area contributed by atoms with E-state index in [2.05, 4.69) is 23.8 Å². The predicted molar refractivity (Wildman–Crippen MR) is 99.2 cm³/mol. The number of aromatic nitrogens is 4. The van der Waals surface area contributed by atoms with Crippen LogP contribution in [0.1, 0.15) is 37.1 Å². The molecule has 0 aliphatic heterocycles. The van der Waals surface area contributed by atoms with E-state index in [1.54, 1.807) is 30.6 Å². The Hall–Kier alpha value is -2.89. The maximum absolute atomic E-state index is 14.0. The van der Waals surface area contributed by atoms with E-state index in [-0.39, 0.29) is 5.82 Å². The molecule has 0 N–H and O–H groups in total. The molecule has 2 heterocycles. The van der Waals surface area contributed by atoms with E-state index in [1.165, 1.54) is 6.07 Å². The second-order valence-corrected chi connectivity index (χ2v) is 5.70. The molecular formula is C20H23FN4O. The molecule has 0 radical (unpaired) electrons. The van der Waals surface area contributed by atoms with Gasteiger partial charge in [0.05, 0.1) is 6.54 Å². The van der Waals surface area contributed by atoms with Gasteiger partial charge in [-0.15, -0.1) is 0 Å². The van der Waals surface area contributed by atoms with Crippen molar-refractivity contribution in [2.45, 2.75) is 39.7 Å². The third kappa shape index (κ3) is 4.20. The summed E-state index contributed by atoms with van der Waals surface area (Å²) in [6.45, 7) is 6.66. The summed E-state index contributed by atoms with van der Waals surface area (Å²) in [7, 11) is 0. The summed E-state index contributed by atoms with van der Waals surface area (Å²) in [6, 6.07) is 8.63. The number of nitrogens with zero attached hydrogens (tertiary/aromatic N) is 4. The molecular weight excluding hydrogens is 331 g/mol. The minimum absolute atomic E-state index is 0.203. The zero-order chi connectivity index (χ0) is 18.9. The van der Waals surface area contributed by atoms with Crippen molar-refractivity contribution in [2.75, 3.05) is 0 Å². The summed E-state index contributed by atoms with van der Waals surface area (Å²) in [6.07, 6.45) is 6.19. The molecule has 2 aromatic heterocycles. The third-order valence-electron chi connectivity index (χ3n) is 4.06. The number of halogens is 1. The molecule has 1 aromatic carbocycles. The van der Waals surface area contributed by atoms with Crippen molar-refractivity contribution in [1.82, 2.24) is 19.7 Å². The van der Waals surface area contributed by atoms with Gasteiger partial charge in [0.1, 0.15) is 18.3 Å². The standard InChI is InChI=1S/C19H21FN4.CH2O/c1-3-8-17-15(4-2)18(19-21-11-7-12-22-19)23-24(17)13-14-9-5-6-10-16(14)20;1-2/h5-7,9-12H,3-4,8,13H2,1-2H3;1H2. The summed E-state index contributed by atoms with van der Waals surface area (Å²) in [4.78, 5) is 16.7. The van der Waals surface area contributed by atoms with E-state index in [9.17, 15) is 4.39 Å². The maximum atomic E-state index is 14.0. The first-order valence-corrected chi connectivity index (χ1v) is 8.62. The van der Waals surface area contributed by atoms with Crippen LogP contribution in [0.3, 0.4) is 0 Å². The normalized spacial score (nSPS) is 10.3. The van der Waals surface area contributed by atoms with Crippen LogP contribution in [0.25, 0.3) is 11.5 Å². The zero-order valence-corrected chi connectivity index (χ0v) is 15.2. The van der Waals surface area contributed by atoms with Gasteiger partial charge in [-0.25, -0.2) is 14.4 Å². The molecule has 0 fully saturated rings. The minimum atomic E-state index is -0.203. The maximum Gasteiger partial charge on any atom is 0.180 e. The van der Waals surface area contributed by atoms with Gasteiger partial charge in [-0.2, -0.15) is 5.10 Å². The molecule has 5 nitrogen and oxygen atoms in total. The molecule has 136 valence electrons. The molecule has 0 saturated heterocycles. The molecule has 0 unspecified atom stereocenters. The van der Waals surface area contributed by atoms with E-state index >= 15 is 0 Å². The molecule has 0 spiro atoms. The molecule has 0 saturated carbocycles. The number of benzene rings is 1. The molecule has 3 rings (SSSR count). The highest BCUT2D eigenvalue weighted by atomic mass is 19.1. The van der Waals surface area contributed by atoms with Crippen molar-refractivity contribution in [3.05, 3.63) is 65.4 Å². The van der Waals surface area contributed by atoms with Crippen molar-refractivity contribution < 1.29 is 9.18 Å². The summed E-state index contributed by atoms with van der Waals surface area (Å²) in [5.41, 5.74) is 3.74. The van der Waals surface area contributed by atoms with Crippen LogP contribution in [0, 0.1) is 5.82 Å². The van der Waals surface area contributed by atoms with Crippen molar-refractivity contribution in [3.63, 3.8) is 0 Å². The number of carbonyl (C=O) groups is 1. The van der Waals surface area contributed by atoms with Crippen molar-refractivity contribution in [1.29, 1.82) is 0 Å². The van der Waals surface area contributed by atoms with Crippen LogP contribution >= 0.6 is 0 Å². The van der Waals surface area contributed by atoms with Gasteiger partial charge in [-0.3, -0.25) is 4.68 Å². The van der Waals surface area contributed by atoms with E-state index in [4.69, 9.17) is 9.89 Å². The molecule has 0 aliphatic rings. The molecule has 0 atom stereocenters. The number of hydrogen-bond acceptors (Lipinski definition) is 4. The highest BCUT2D eigenvalue weighted by Crippen LogP contribution is 2.25. The SMILES string of the molecule is C=O.CCCc1c(CC)c(-c2ncccn2)nn1Cc1ccccc1F. The highest BCUT2D eigenvalue weighted by Gasteiger charge is 2.19. The minimum Gasteiger partial charge on any atom is -0.307 e. The lowest BCUT2D eigenvalue weighted by molar-refractivity contribution is -0.0979. The first kappa shape index (κ1) is 19.4. The van der Waals surface area contributed by atoms with Gasteiger partial charge >= 0.3 is 0 Å². The lowest BCUT2D eigenvalue weighted by atomic mass is 10.1. The number of rotatable bonds is 6. The van der Waals surface area contributed by atoms with Crippen LogP contribution in [0.15, 0.2) is 42.7 Å². The second-order valence-electron chi connectivity index (χ2n) is 5.70. The molecule has 6 heteroatoms. The average molecular weight is 354 g/mol. The Bertz CT molecular complexity index is 833. The average Bonchev–Trinajstić information content (AvgIpc) is 3.03. The van der Waals surface area contributed by atoms with Gasteiger partial charge in [0.2, 0.25) is 0 Å². The molecule has 0 aliphatic carbocycles. The smallest absolute Gasteiger partial charge is 0.180 e. The van der Waals surface area contributed by atoms with Gasteiger partial charge < -0.3 is 4.79 Å². The lowest BCUT2D eigenvalue weighted by Crippen LogP contribution is -2.08. The van der Waals surface area contributed by atoms with Gasteiger partial charge in [0, 0.05) is 29.2 Å². The fourth-order valence-electron chi connectivity index (χ4n) is 2.94. The van der Waals surface area contributed by atoms with Gasteiger partial charge in [0.25, 0.3) is 0 Å². The van der Waals surface area contributed by atoms with E-state index < -0.39 is 0 Å². The summed E-state index contributed by atoms with van der Waals surface area (Å²) < 4.78 is 15.9. The van der Waals surface area contributed by atoms with Gasteiger partial charge in [-0.1, -0.05) is 38.5 Å². The van der Waals surface area contributed by atoms with Gasteiger partial charge in [0.15, 0.2) is 5.82 Å². The quantitative estimate of drug-likeness (QED) is 0.674. The number of hydrogen-bond donors (Lipinski definition) is 0. The fraction of sp³-hybridized carbons (Fsp3) is 0.300. The van der Waals surface area contributed by atoms with Crippen LogP contribution in [0.2, 0.25) is 0 Å². The molecule has 0 amide bonds. The first-order valence-electron chi connectivity index (χ1n) is 8.62. The molecule has 0 bridgehead atoms. The monoisotopic (exact) mass is 354 g/mol. The first-order chi connectivity index (χ1) is 12.7. The van der Waals surface area contributed by atoms with E-state index in [1.807, 2.05) is 17.5 Å². The summed E-state index contributed by atoms with van der Waals surface area (Å²) in [5.74, 6) is 0.421. The van der Waals surface area contributed by atoms with E-state index in [0.717, 1.165) is 36.2 Å². The van der Waals surface area contributed by atoms with Crippen LogP contribution < -0.4 is 0 Å². The Morgan fingerprint density at radius 3 is 2.38 bits per heavy atom. The highest BCUT2D eigenvalue weighted by molar-refractivity contribution is 5.56. The van der Waals surface area contributed by atoms with E-state index in [0.29, 0.717) is 17.9 Å². The summed E-state index contributed by atoms with van der Waals surface area (Å²) in [5, 5.41) is 4.73. The fourth-order valence-corrected chi connectivity index (χ4v) is 2.94. The lowest BCUT2D eigenvalue weighted by Gasteiger charge is -2.09.